The van der Waals surface area contributed by atoms with Gasteiger partial charge in [-0.15, -0.1) is 0 Å². The van der Waals surface area contributed by atoms with Crippen molar-refractivity contribution in [3.8, 4) is 17.2 Å². The van der Waals surface area contributed by atoms with E-state index in [1.807, 2.05) is 54.5 Å². The molecule has 0 N–H and O–H groups in total. The van der Waals surface area contributed by atoms with Crippen LogP contribution in [0.4, 0.5) is 15.0 Å². The van der Waals surface area contributed by atoms with E-state index in [9.17, 15) is 14.0 Å². The number of carbonyl (C=O) groups excluding carboxylic acids is 2. The maximum Gasteiger partial charge on any atom is 0.410 e. The topological polar surface area (TPSA) is 110 Å². The van der Waals surface area contributed by atoms with Crippen LogP contribution in [0.3, 0.4) is 0 Å². The first-order valence-electron chi connectivity index (χ1n) is 16.7. The summed E-state index contributed by atoms with van der Waals surface area (Å²) in [4.78, 5) is 45.0. The maximum absolute atomic E-state index is 14.3. The number of pyridine rings is 1. The van der Waals surface area contributed by atoms with E-state index in [0.717, 1.165) is 42.9 Å². The van der Waals surface area contributed by atoms with Gasteiger partial charge in [-0.05, 0) is 92.0 Å². The number of carbonyl (C=O) groups is 2. The van der Waals surface area contributed by atoms with Gasteiger partial charge in [0.05, 0.1) is 23.5 Å². The van der Waals surface area contributed by atoms with Gasteiger partial charge in [0, 0.05) is 49.4 Å². The average molecular weight is 661 g/mol. The monoisotopic (exact) mass is 660 g/mol. The van der Waals surface area contributed by atoms with E-state index in [0.29, 0.717) is 31.1 Å². The highest BCUT2D eigenvalue weighted by atomic mass is 19.1. The van der Waals surface area contributed by atoms with E-state index >= 15 is 0 Å². The third kappa shape index (κ3) is 6.61. The van der Waals surface area contributed by atoms with E-state index in [1.54, 1.807) is 22.2 Å². The first kappa shape index (κ1) is 33.4. The summed E-state index contributed by atoms with van der Waals surface area (Å²) in [7, 11) is 0. The third-order valence-electron chi connectivity index (χ3n) is 9.38. The van der Waals surface area contributed by atoms with Gasteiger partial charge in [0.2, 0.25) is 0 Å². The van der Waals surface area contributed by atoms with Crippen LogP contribution in [0.2, 0.25) is 0 Å². The van der Waals surface area contributed by atoms with Crippen molar-refractivity contribution in [3.63, 3.8) is 0 Å². The molecule has 256 valence electrons. The summed E-state index contributed by atoms with van der Waals surface area (Å²) in [6, 6.07) is 5.64. The van der Waals surface area contributed by atoms with Crippen molar-refractivity contribution < 1.29 is 28.2 Å². The second kappa shape index (κ2) is 12.9. The van der Waals surface area contributed by atoms with Gasteiger partial charge in [-0.3, -0.25) is 14.7 Å². The Labute approximate surface area is 281 Å². The Bertz CT molecular complexity index is 1680. The third-order valence-corrected chi connectivity index (χ3v) is 9.38. The molecular formula is C36H45FN6O5. The van der Waals surface area contributed by atoms with Crippen LogP contribution in [-0.4, -0.2) is 80.7 Å². The van der Waals surface area contributed by atoms with E-state index < -0.39 is 11.4 Å². The lowest BCUT2D eigenvalue weighted by Crippen LogP contribution is -2.65. The highest BCUT2D eigenvalue weighted by Gasteiger charge is 2.54. The lowest BCUT2D eigenvalue weighted by atomic mass is 9.61. The first-order valence-corrected chi connectivity index (χ1v) is 16.7. The minimum absolute atomic E-state index is 0.0520. The summed E-state index contributed by atoms with van der Waals surface area (Å²) in [5.74, 6) is 1.33. The van der Waals surface area contributed by atoms with Gasteiger partial charge in [0.25, 0.3) is 5.91 Å². The Hall–Kier alpha value is -4.48. The Kier molecular flexibility index (Phi) is 8.95. The van der Waals surface area contributed by atoms with E-state index in [4.69, 9.17) is 14.2 Å². The van der Waals surface area contributed by atoms with Crippen LogP contribution in [0.5, 0.6) is 17.2 Å². The molecule has 2 aromatic heterocycles. The molecule has 0 radical (unpaired) electrons. The number of hydrogen-bond donors (Lipinski definition) is 0. The number of halogens is 1. The second-order valence-corrected chi connectivity index (χ2v) is 14.4. The Morgan fingerprint density at radius 2 is 1.85 bits per heavy atom. The van der Waals surface area contributed by atoms with Crippen molar-refractivity contribution in [1.29, 1.82) is 0 Å². The van der Waals surface area contributed by atoms with Gasteiger partial charge in [-0.2, -0.15) is 0 Å². The molecule has 12 heteroatoms. The summed E-state index contributed by atoms with van der Waals surface area (Å²) >= 11 is 0. The molecular weight excluding hydrogens is 615 g/mol. The molecule has 2 amide bonds. The molecule has 1 spiro atoms. The molecule has 3 aromatic rings. The van der Waals surface area contributed by atoms with E-state index in [1.165, 1.54) is 24.5 Å². The van der Waals surface area contributed by atoms with Gasteiger partial charge in [-0.25, -0.2) is 19.2 Å². The number of rotatable bonds is 8. The van der Waals surface area contributed by atoms with Gasteiger partial charge in [0.1, 0.15) is 35.3 Å². The largest absolute Gasteiger partial charge is 0.490 e. The van der Waals surface area contributed by atoms with Crippen LogP contribution in [-0.2, 0) is 11.2 Å². The number of fused-ring (bicyclic) bond motifs is 1. The fourth-order valence-electron chi connectivity index (χ4n) is 7.09. The molecule has 48 heavy (non-hydrogen) atoms. The van der Waals surface area contributed by atoms with E-state index in [-0.39, 0.29) is 46.9 Å². The predicted molar refractivity (Wildman–Crippen MR) is 178 cm³/mol. The fraction of sp³-hybridized carbons (Fsp3) is 0.528. The molecule has 6 rings (SSSR count). The van der Waals surface area contributed by atoms with Gasteiger partial charge < -0.3 is 24.0 Å². The number of anilines is 1. The molecule has 1 atom stereocenters. The van der Waals surface area contributed by atoms with Crippen molar-refractivity contribution >= 4 is 17.8 Å². The van der Waals surface area contributed by atoms with Crippen molar-refractivity contribution in [2.75, 3.05) is 31.1 Å². The summed E-state index contributed by atoms with van der Waals surface area (Å²) in [6.45, 7) is 15.9. The standard InChI is InChI=1S/C36H45FN6O5/c1-8-42(22(2)3)33(44)27-15-24(37)9-10-28(27)47-30-18-38-21-40-32(30)41-19-36(20-41)16-25(17-36)46-29-11-13-39-31-23(4)43(14-12-26(29)31)34(45)48-35(5,6)7/h9-11,13,15,18,21-23,25H,8,12,14,16-17,19-20H2,1-7H3. The van der Waals surface area contributed by atoms with Gasteiger partial charge >= 0.3 is 6.09 Å². The summed E-state index contributed by atoms with van der Waals surface area (Å²) in [5.41, 5.74) is 1.60. The Balaban J connectivity index is 1.09. The SMILES string of the molecule is CCN(C(=O)c1cc(F)ccc1Oc1cncnc1N1CC2(CC(Oc3ccnc4c3CCN(C(=O)OC(C)(C)C)C4C)C2)C1)C(C)C. The Morgan fingerprint density at radius 1 is 1.10 bits per heavy atom. The summed E-state index contributed by atoms with van der Waals surface area (Å²) < 4.78 is 32.7. The smallest absolute Gasteiger partial charge is 0.410 e. The van der Waals surface area contributed by atoms with Crippen molar-refractivity contribution in [2.45, 2.75) is 91.5 Å². The lowest BCUT2D eigenvalue weighted by Gasteiger charge is -2.59. The van der Waals surface area contributed by atoms with Crippen LogP contribution < -0.4 is 14.4 Å². The van der Waals surface area contributed by atoms with Crippen LogP contribution >= 0.6 is 0 Å². The number of aromatic nitrogens is 3. The summed E-state index contributed by atoms with van der Waals surface area (Å²) in [6.07, 6.45) is 7.01. The van der Waals surface area contributed by atoms with Gasteiger partial charge in [0.15, 0.2) is 11.6 Å². The zero-order valence-electron chi connectivity index (χ0n) is 28.8. The van der Waals surface area contributed by atoms with Crippen LogP contribution in [0, 0.1) is 11.2 Å². The van der Waals surface area contributed by atoms with Crippen molar-refractivity contribution in [3.05, 3.63) is 65.6 Å². The summed E-state index contributed by atoms with van der Waals surface area (Å²) in [5, 5.41) is 0. The molecule has 1 saturated carbocycles. The molecule has 1 saturated heterocycles. The normalized spacial score (nSPS) is 18.6. The number of ether oxygens (including phenoxy) is 3. The van der Waals surface area contributed by atoms with Crippen LogP contribution in [0.25, 0.3) is 0 Å². The first-order chi connectivity index (χ1) is 22.8. The molecule has 1 aromatic carbocycles. The van der Waals surface area contributed by atoms with Crippen LogP contribution in [0.1, 0.15) is 89.0 Å². The molecule has 1 unspecified atom stereocenters. The molecule has 4 heterocycles. The molecule has 2 fully saturated rings. The van der Waals surface area contributed by atoms with Gasteiger partial charge in [-0.1, -0.05) is 0 Å². The maximum atomic E-state index is 14.3. The zero-order chi connectivity index (χ0) is 34.4. The molecule has 1 aliphatic carbocycles. The Morgan fingerprint density at radius 3 is 2.54 bits per heavy atom. The van der Waals surface area contributed by atoms with Crippen molar-refractivity contribution in [1.82, 2.24) is 24.8 Å². The zero-order valence-corrected chi connectivity index (χ0v) is 28.8. The molecule has 2 aliphatic heterocycles. The fourth-order valence-corrected chi connectivity index (χ4v) is 7.09. The molecule has 0 bridgehead atoms. The quantitative estimate of drug-likeness (QED) is 0.265. The minimum Gasteiger partial charge on any atom is -0.490 e. The predicted octanol–water partition coefficient (Wildman–Crippen LogP) is 6.58. The highest BCUT2D eigenvalue weighted by Crippen LogP contribution is 2.52. The number of nitrogens with zero attached hydrogens (tertiary/aromatic N) is 6. The second-order valence-electron chi connectivity index (χ2n) is 14.4. The highest BCUT2D eigenvalue weighted by molar-refractivity contribution is 5.97. The number of hydrogen-bond acceptors (Lipinski definition) is 9. The van der Waals surface area contributed by atoms with Crippen molar-refractivity contribution in [2.24, 2.45) is 5.41 Å². The average Bonchev–Trinajstić information content (AvgIpc) is 2.98. The number of amides is 2. The number of benzene rings is 1. The van der Waals surface area contributed by atoms with E-state index in [2.05, 4.69) is 19.9 Å². The lowest BCUT2D eigenvalue weighted by molar-refractivity contribution is -0.0353. The molecule has 11 nitrogen and oxygen atoms in total. The minimum atomic E-state index is -0.564. The molecule has 3 aliphatic rings. The van der Waals surface area contributed by atoms with Crippen LogP contribution in [0.15, 0.2) is 43.0 Å².